The highest BCUT2D eigenvalue weighted by atomic mass is 16.5. The van der Waals surface area contributed by atoms with Crippen LogP contribution >= 0.6 is 0 Å². The minimum Gasteiger partial charge on any atom is -0.374 e. The Kier molecular flexibility index (Phi) is 6.70. The number of benzene rings is 1. The van der Waals surface area contributed by atoms with Crippen LogP contribution in [-0.4, -0.2) is 25.3 Å². The number of hydrogen-bond acceptors (Lipinski definition) is 2. The minimum atomic E-state index is -0.0683. The first-order valence-electron chi connectivity index (χ1n) is 7.89. The van der Waals surface area contributed by atoms with Gasteiger partial charge in [0.2, 0.25) is 0 Å². The monoisotopic (exact) mass is 277 g/mol. The third-order valence-electron chi connectivity index (χ3n) is 4.33. The summed E-state index contributed by atoms with van der Waals surface area (Å²) in [4.78, 5) is 0. The molecule has 0 aromatic heterocycles. The molecular weight excluding hydrogens is 246 g/mol. The molecule has 1 aromatic rings. The molecule has 0 fully saturated rings. The molecule has 0 saturated carbocycles. The van der Waals surface area contributed by atoms with Crippen LogP contribution in [0.15, 0.2) is 18.2 Å². The summed E-state index contributed by atoms with van der Waals surface area (Å²) in [7, 11) is 2.05. The molecule has 0 spiro atoms. The molecule has 0 aliphatic heterocycles. The van der Waals surface area contributed by atoms with Gasteiger partial charge < -0.3 is 10.1 Å². The Morgan fingerprint density at radius 1 is 1.05 bits per heavy atom. The van der Waals surface area contributed by atoms with Crippen LogP contribution in [-0.2, 0) is 11.2 Å². The summed E-state index contributed by atoms with van der Waals surface area (Å²) >= 11 is 0. The van der Waals surface area contributed by atoms with Crippen LogP contribution < -0.4 is 5.32 Å². The number of nitrogens with one attached hydrogen (secondary N) is 1. The molecule has 0 bridgehead atoms. The molecule has 2 nitrogen and oxygen atoms in total. The van der Waals surface area contributed by atoms with Gasteiger partial charge in [-0.15, -0.1) is 0 Å². The molecule has 2 heteroatoms. The predicted molar refractivity (Wildman–Crippen MR) is 87.4 cm³/mol. The maximum atomic E-state index is 6.15. The van der Waals surface area contributed by atoms with Crippen molar-refractivity contribution >= 4 is 0 Å². The standard InChI is InChI=1S/C18H31NO/c1-7-18(8-2,20-9-3)17(19-6)13-16-11-14(4)10-15(5)12-16/h10-12,17,19H,7-9,13H2,1-6H3. The van der Waals surface area contributed by atoms with E-state index in [9.17, 15) is 0 Å². The van der Waals surface area contributed by atoms with E-state index in [1.807, 2.05) is 7.05 Å². The van der Waals surface area contributed by atoms with Gasteiger partial charge in [-0.2, -0.15) is 0 Å². The number of ether oxygens (including phenoxy) is 1. The Balaban J connectivity index is 2.99. The number of hydrogen-bond donors (Lipinski definition) is 1. The van der Waals surface area contributed by atoms with Crippen molar-refractivity contribution in [1.29, 1.82) is 0 Å². The van der Waals surface area contributed by atoms with Crippen molar-refractivity contribution in [2.75, 3.05) is 13.7 Å². The van der Waals surface area contributed by atoms with E-state index in [-0.39, 0.29) is 5.60 Å². The summed E-state index contributed by atoms with van der Waals surface area (Å²) in [5.41, 5.74) is 4.00. The van der Waals surface area contributed by atoms with Crippen molar-refractivity contribution in [2.24, 2.45) is 0 Å². The highest BCUT2D eigenvalue weighted by Gasteiger charge is 2.35. The average Bonchev–Trinajstić information content (AvgIpc) is 2.41. The molecule has 1 aromatic carbocycles. The van der Waals surface area contributed by atoms with E-state index in [0.717, 1.165) is 25.9 Å². The zero-order valence-corrected chi connectivity index (χ0v) is 14.0. The Hall–Kier alpha value is -0.860. The molecule has 1 N–H and O–H groups in total. The van der Waals surface area contributed by atoms with E-state index in [0.29, 0.717) is 6.04 Å². The van der Waals surface area contributed by atoms with Crippen LogP contribution in [0.25, 0.3) is 0 Å². The first-order valence-corrected chi connectivity index (χ1v) is 7.89. The van der Waals surface area contributed by atoms with E-state index in [4.69, 9.17) is 4.74 Å². The van der Waals surface area contributed by atoms with Crippen molar-refractivity contribution in [2.45, 2.75) is 65.5 Å². The fourth-order valence-corrected chi connectivity index (χ4v) is 3.31. The van der Waals surface area contributed by atoms with Crippen LogP contribution in [0.2, 0.25) is 0 Å². The van der Waals surface area contributed by atoms with Gasteiger partial charge in [0, 0.05) is 12.6 Å². The molecule has 0 heterocycles. The van der Waals surface area contributed by atoms with Crippen LogP contribution in [0, 0.1) is 13.8 Å². The molecule has 0 saturated heterocycles. The van der Waals surface area contributed by atoms with Gasteiger partial charge in [-0.3, -0.25) is 0 Å². The smallest absolute Gasteiger partial charge is 0.0832 e. The summed E-state index contributed by atoms with van der Waals surface area (Å²) in [6, 6.07) is 7.16. The summed E-state index contributed by atoms with van der Waals surface area (Å²) in [5, 5.41) is 3.49. The molecule has 0 amide bonds. The first-order chi connectivity index (χ1) is 9.51. The lowest BCUT2D eigenvalue weighted by Crippen LogP contribution is -2.52. The zero-order chi connectivity index (χ0) is 15.2. The molecular formula is C18H31NO. The van der Waals surface area contributed by atoms with Crippen LogP contribution in [0.3, 0.4) is 0 Å². The zero-order valence-electron chi connectivity index (χ0n) is 14.0. The summed E-state index contributed by atoms with van der Waals surface area (Å²) in [6.45, 7) is 11.6. The summed E-state index contributed by atoms with van der Waals surface area (Å²) < 4.78 is 6.15. The molecule has 0 aliphatic rings. The van der Waals surface area contributed by atoms with Gasteiger partial charge in [0.15, 0.2) is 0 Å². The fraction of sp³-hybridized carbons (Fsp3) is 0.667. The van der Waals surface area contributed by atoms with Crippen molar-refractivity contribution < 1.29 is 4.74 Å². The lowest BCUT2D eigenvalue weighted by atomic mass is 9.84. The molecule has 20 heavy (non-hydrogen) atoms. The Labute approximate surface area is 124 Å². The van der Waals surface area contributed by atoms with E-state index in [1.165, 1.54) is 16.7 Å². The first kappa shape index (κ1) is 17.2. The largest absolute Gasteiger partial charge is 0.374 e. The lowest BCUT2D eigenvalue weighted by Gasteiger charge is -2.39. The van der Waals surface area contributed by atoms with Gasteiger partial charge in [0.05, 0.1) is 5.60 Å². The van der Waals surface area contributed by atoms with Crippen molar-refractivity contribution in [1.82, 2.24) is 5.32 Å². The molecule has 114 valence electrons. The van der Waals surface area contributed by atoms with E-state index < -0.39 is 0 Å². The number of likely N-dealkylation sites (N-methyl/N-ethyl adjacent to an activating group) is 1. The Bertz CT molecular complexity index is 390. The third-order valence-corrected chi connectivity index (χ3v) is 4.33. The van der Waals surface area contributed by atoms with Gasteiger partial charge in [-0.05, 0) is 52.6 Å². The highest BCUT2D eigenvalue weighted by Crippen LogP contribution is 2.27. The van der Waals surface area contributed by atoms with Crippen molar-refractivity contribution in [3.05, 3.63) is 34.9 Å². The van der Waals surface area contributed by atoms with Gasteiger partial charge in [0.25, 0.3) is 0 Å². The van der Waals surface area contributed by atoms with Crippen LogP contribution in [0.4, 0.5) is 0 Å². The molecule has 1 unspecified atom stereocenters. The summed E-state index contributed by atoms with van der Waals surface area (Å²) in [6.07, 6.45) is 3.09. The van der Waals surface area contributed by atoms with E-state index in [2.05, 4.69) is 58.1 Å². The topological polar surface area (TPSA) is 21.3 Å². The Morgan fingerprint density at radius 2 is 1.60 bits per heavy atom. The van der Waals surface area contributed by atoms with E-state index >= 15 is 0 Å². The number of rotatable bonds is 8. The predicted octanol–water partition coefficient (Wildman–Crippen LogP) is 4.03. The lowest BCUT2D eigenvalue weighted by molar-refractivity contribution is -0.0703. The van der Waals surface area contributed by atoms with Crippen molar-refractivity contribution in [3.63, 3.8) is 0 Å². The van der Waals surface area contributed by atoms with Gasteiger partial charge in [-0.1, -0.05) is 43.2 Å². The van der Waals surface area contributed by atoms with Crippen molar-refractivity contribution in [3.8, 4) is 0 Å². The van der Waals surface area contributed by atoms with E-state index in [1.54, 1.807) is 0 Å². The quantitative estimate of drug-likeness (QED) is 0.774. The SMILES string of the molecule is CCOC(CC)(CC)C(Cc1cc(C)cc(C)c1)NC. The highest BCUT2D eigenvalue weighted by molar-refractivity contribution is 5.29. The van der Waals surface area contributed by atoms with Crippen LogP contribution in [0.1, 0.15) is 50.3 Å². The Morgan fingerprint density at radius 3 is 2.00 bits per heavy atom. The van der Waals surface area contributed by atoms with Gasteiger partial charge in [0.1, 0.15) is 0 Å². The second-order valence-electron chi connectivity index (χ2n) is 5.75. The van der Waals surface area contributed by atoms with Crippen LogP contribution in [0.5, 0.6) is 0 Å². The van der Waals surface area contributed by atoms with Gasteiger partial charge >= 0.3 is 0 Å². The second-order valence-corrected chi connectivity index (χ2v) is 5.75. The number of aryl methyl sites for hydroxylation is 2. The molecule has 1 atom stereocenters. The maximum absolute atomic E-state index is 6.15. The molecule has 0 aliphatic carbocycles. The third kappa shape index (κ3) is 4.07. The molecule has 0 radical (unpaired) electrons. The fourth-order valence-electron chi connectivity index (χ4n) is 3.31. The normalized spacial score (nSPS) is 13.5. The summed E-state index contributed by atoms with van der Waals surface area (Å²) in [5.74, 6) is 0. The maximum Gasteiger partial charge on any atom is 0.0832 e. The average molecular weight is 277 g/mol. The second kappa shape index (κ2) is 7.80. The minimum absolute atomic E-state index is 0.0683. The molecule has 1 rings (SSSR count). The van der Waals surface area contributed by atoms with Gasteiger partial charge in [-0.25, -0.2) is 0 Å².